The van der Waals surface area contributed by atoms with Gasteiger partial charge in [0.15, 0.2) is 5.78 Å². The summed E-state index contributed by atoms with van der Waals surface area (Å²) in [6, 6.07) is 21.7. The Hall–Kier alpha value is -3.86. The normalized spacial score (nSPS) is 11.0. The number of methoxy groups -OCH3 is 1. The highest BCUT2D eigenvalue weighted by molar-refractivity contribution is 6.10. The highest BCUT2D eigenvalue weighted by atomic mass is 16.5. The Morgan fingerprint density at radius 3 is 2.07 bits per heavy atom. The molecule has 0 atom stereocenters. The average Bonchev–Trinajstić information content (AvgIpc) is 2.74. The van der Waals surface area contributed by atoms with Crippen molar-refractivity contribution in [1.82, 2.24) is 0 Å². The van der Waals surface area contributed by atoms with Gasteiger partial charge in [0.25, 0.3) is 0 Å². The van der Waals surface area contributed by atoms with E-state index in [0.29, 0.717) is 16.9 Å². The first-order chi connectivity index (χ1) is 13.6. The fourth-order valence-corrected chi connectivity index (χ4v) is 2.54. The monoisotopic (exact) mass is 374 g/mol. The van der Waals surface area contributed by atoms with E-state index in [2.05, 4.69) is 0 Å². The molecule has 0 aliphatic heterocycles. The number of esters is 1. The molecule has 5 nitrogen and oxygen atoms in total. The maximum absolute atomic E-state index is 12.7. The van der Waals surface area contributed by atoms with Crippen LogP contribution in [0.15, 0.2) is 84.9 Å². The van der Waals surface area contributed by atoms with Crippen molar-refractivity contribution >= 4 is 17.5 Å². The van der Waals surface area contributed by atoms with Crippen LogP contribution in [0.3, 0.4) is 0 Å². The topological polar surface area (TPSA) is 72.8 Å². The van der Waals surface area contributed by atoms with E-state index in [1.165, 1.54) is 19.2 Å². The lowest BCUT2D eigenvalue weighted by Crippen LogP contribution is -2.11. The maximum atomic E-state index is 12.7. The van der Waals surface area contributed by atoms with E-state index in [1.54, 1.807) is 60.7 Å². The van der Waals surface area contributed by atoms with E-state index in [9.17, 15) is 14.7 Å². The second-order valence-corrected chi connectivity index (χ2v) is 5.88. The fraction of sp³-hybridized carbons (Fsp3) is 0.0435. The molecule has 5 heteroatoms. The highest BCUT2D eigenvalue weighted by Gasteiger charge is 2.17. The largest absolute Gasteiger partial charge is 0.507 e. The van der Waals surface area contributed by atoms with Crippen LogP contribution in [0.1, 0.15) is 26.3 Å². The van der Waals surface area contributed by atoms with Crippen molar-refractivity contribution in [3.63, 3.8) is 0 Å². The predicted molar refractivity (Wildman–Crippen MR) is 106 cm³/mol. The maximum Gasteiger partial charge on any atom is 0.343 e. The van der Waals surface area contributed by atoms with Gasteiger partial charge in [0, 0.05) is 17.7 Å². The van der Waals surface area contributed by atoms with Gasteiger partial charge in [0.2, 0.25) is 0 Å². The van der Waals surface area contributed by atoms with Gasteiger partial charge in [0.05, 0.1) is 18.2 Å². The number of aliphatic hydroxyl groups excluding tert-OH is 1. The van der Waals surface area contributed by atoms with Crippen molar-refractivity contribution < 1.29 is 24.2 Å². The molecule has 0 fully saturated rings. The predicted octanol–water partition coefficient (Wildman–Crippen LogP) is 4.70. The molecule has 0 aromatic heterocycles. The Morgan fingerprint density at radius 1 is 0.857 bits per heavy atom. The van der Waals surface area contributed by atoms with Gasteiger partial charge in [-0.3, -0.25) is 4.79 Å². The molecule has 0 spiro atoms. The molecule has 0 bridgehead atoms. The molecule has 3 aromatic rings. The average molecular weight is 374 g/mol. The van der Waals surface area contributed by atoms with E-state index in [4.69, 9.17) is 9.47 Å². The zero-order chi connectivity index (χ0) is 19.9. The number of carbonyl (C=O) groups excluding carboxylic acids is 2. The first kappa shape index (κ1) is 18.9. The molecule has 0 unspecified atom stereocenters. The molecule has 140 valence electrons. The van der Waals surface area contributed by atoms with Gasteiger partial charge in [-0.15, -0.1) is 0 Å². The van der Waals surface area contributed by atoms with Crippen LogP contribution in [0.2, 0.25) is 0 Å². The van der Waals surface area contributed by atoms with E-state index in [0.717, 1.165) is 6.08 Å². The van der Waals surface area contributed by atoms with Crippen LogP contribution >= 0.6 is 0 Å². The smallest absolute Gasteiger partial charge is 0.343 e. The summed E-state index contributed by atoms with van der Waals surface area (Å²) in [5.74, 6) is -0.792. The standard InChI is InChI=1S/C23H18O5/c1-27-18-12-13-19(21(25)15-20(24)16-8-4-2-5-9-16)22(14-18)28-23(26)17-10-6-3-7-11-17/h2-15,24H,1H3. The van der Waals surface area contributed by atoms with Crippen molar-refractivity contribution in [1.29, 1.82) is 0 Å². The number of ketones is 1. The Balaban J connectivity index is 1.92. The number of ether oxygens (including phenoxy) is 2. The third kappa shape index (κ3) is 4.45. The van der Waals surface area contributed by atoms with Gasteiger partial charge in [-0.25, -0.2) is 4.79 Å². The summed E-state index contributed by atoms with van der Waals surface area (Å²) in [6.07, 6.45) is 1.09. The third-order valence-electron chi connectivity index (χ3n) is 4.00. The van der Waals surface area contributed by atoms with Gasteiger partial charge >= 0.3 is 5.97 Å². The highest BCUT2D eigenvalue weighted by Crippen LogP contribution is 2.27. The third-order valence-corrected chi connectivity index (χ3v) is 4.00. The van der Waals surface area contributed by atoms with E-state index in [-0.39, 0.29) is 17.1 Å². The molecule has 1 N–H and O–H groups in total. The molecular weight excluding hydrogens is 356 g/mol. The Bertz CT molecular complexity index is 1010. The summed E-state index contributed by atoms with van der Waals surface area (Å²) in [4.78, 5) is 25.1. The number of hydrogen-bond acceptors (Lipinski definition) is 5. The van der Waals surface area contributed by atoms with Crippen molar-refractivity contribution in [2.24, 2.45) is 0 Å². The van der Waals surface area contributed by atoms with Gasteiger partial charge < -0.3 is 14.6 Å². The van der Waals surface area contributed by atoms with E-state index in [1.807, 2.05) is 6.07 Å². The molecule has 28 heavy (non-hydrogen) atoms. The molecule has 3 aromatic carbocycles. The molecule has 0 aliphatic carbocycles. The zero-order valence-corrected chi connectivity index (χ0v) is 15.2. The summed E-state index contributed by atoms with van der Waals surface area (Å²) in [7, 11) is 1.47. The van der Waals surface area contributed by atoms with Crippen molar-refractivity contribution in [3.8, 4) is 11.5 Å². The van der Waals surface area contributed by atoms with Crippen LogP contribution < -0.4 is 9.47 Å². The second-order valence-electron chi connectivity index (χ2n) is 5.88. The van der Waals surface area contributed by atoms with Gasteiger partial charge in [0.1, 0.15) is 17.3 Å². The lowest BCUT2D eigenvalue weighted by atomic mass is 10.1. The van der Waals surface area contributed by atoms with Crippen LogP contribution in [-0.2, 0) is 0 Å². The summed E-state index contributed by atoms with van der Waals surface area (Å²) < 4.78 is 10.6. The summed E-state index contributed by atoms with van der Waals surface area (Å²) in [6.45, 7) is 0. The Kier molecular flexibility index (Phi) is 5.87. The minimum atomic E-state index is -0.598. The summed E-state index contributed by atoms with van der Waals surface area (Å²) >= 11 is 0. The van der Waals surface area contributed by atoms with Crippen LogP contribution in [0.4, 0.5) is 0 Å². The molecule has 3 rings (SSSR count). The number of benzene rings is 3. The number of allylic oxidation sites excluding steroid dienone is 1. The number of aliphatic hydroxyl groups is 1. The van der Waals surface area contributed by atoms with Crippen molar-refractivity contribution in [2.75, 3.05) is 7.11 Å². The van der Waals surface area contributed by atoms with Crippen molar-refractivity contribution in [2.45, 2.75) is 0 Å². The first-order valence-corrected chi connectivity index (χ1v) is 8.54. The quantitative estimate of drug-likeness (QED) is 0.223. The second kappa shape index (κ2) is 8.68. The summed E-state index contributed by atoms with van der Waals surface area (Å²) in [5.41, 5.74) is 0.992. The van der Waals surface area contributed by atoms with Gasteiger partial charge in [-0.2, -0.15) is 0 Å². The zero-order valence-electron chi connectivity index (χ0n) is 15.2. The Morgan fingerprint density at radius 2 is 1.46 bits per heavy atom. The van der Waals surface area contributed by atoms with Crippen LogP contribution in [-0.4, -0.2) is 24.0 Å². The van der Waals surface area contributed by atoms with Gasteiger partial charge in [-0.1, -0.05) is 48.5 Å². The lowest BCUT2D eigenvalue weighted by molar-refractivity contribution is 0.0733. The molecule has 0 saturated heterocycles. The summed E-state index contributed by atoms with van der Waals surface area (Å²) in [5, 5.41) is 10.2. The molecule has 0 heterocycles. The number of rotatable bonds is 6. The molecule has 0 radical (unpaired) electrons. The lowest BCUT2D eigenvalue weighted by Gasteiger charge is -2.10. The number of hydrogen-bond donors (Lipinski definition) is 1. The van der Waals surface area contributed by atoms with Crippen LogP contribution in [0.5, 0.6) is 11.5 Å². The minimum absolute atomic E-state index is 0.0512. The van der Waals surface area contributed by atoms with Crippen molar-refractivity contribution in [3.05, 3.63) is 102 Å². The first-order valence-electron chi connectivity index (χ1n) is 8.54. The molecule has 0 aliphatic rings. The molecule has 0 saturated carbocycles. The van der Waals surface area contributed by atoms with Gasteiger partial charge in [-0.05, 0) is 24.3 Å². The molecular formula is C23H18O5. The van der Waals surface area contributed by atoms with E-state index >= 15 is 0 Å². The molecule has 0 amide bonds. The van der Waals surface area contributed by atoms with E-state index < -0.39 is 11.8 Å². The SMILES string of the molecule is COc1ccc(C(=O)C=C(O)c2ccccc2)c(OC(=O)c2ccccc2)c1. The minimum Gasteiger partial charge on any atom is -0.507 e. The van der Waals surface area contributed by atoms with Crippen LogP contribution in [0.25, 0.3) is 5.76 Å². The fourth-order valence-electron chi connectivity index (χ4n) is 2.54. The van der Waals surface area contributed by atoms with Crippen LogP contribution in [0, 0.1) is 0 Å². The Labute approximate surface area is 162 Å². The number of carbonyl (C=O) groups is 2.